The Morgan fingerprint density at radius 1 is 1.02 bits per heavy atom. The van der Waals surface area contributed by atoms with Gasteiger partial charge in [0.25, 0.3) is 11.5 Å². The molecule has 5 heterocycles. The number of hydrogen-bond acceptors (Lipinski definition) is 7. The highest BCUT2D eigenvalue weighted by Crippen LogP contribution is 2.37. The van der Waals surface area contributed by atoms with E-state index < -0.39 is 5.91 Å². The fourth-order valence-corrected chi connectivity index (χ4v) is 6.63. The minimum absolute atomic E-state index is 0.0199. The number of likely N-dealkylation sites (tertiary alicyclic amines) is 1. The van der Waals surface area contributed by atoms with Crippen LogP contribution in [0.2, 0.25) is 0 Å². The summed E-state index contributed by atoms with van der Waals surface area (Å²) in [7, 11) is 0. The van der Waals surface area contributed by atoms with Gasteiger partial charge in [-0.3, -0.25) is 19.1 Å². The Hall–Kier alpha value is -5.23. The van der Waals surface area contributed by atoms with Crippen LogP contribution in [0.5, 0.6) is 0 Å². The Morgan fingerprint density at radius 2 is 1.76 bits per heavy atom. The number of aromatic nitrogens is 5. The summed E-state index contributed by atoms with van der Waals surface area (Å²) in [5.41, 5.74) is 11.4. The third kappa shape index (κ3) is 5.14. The average molecular weight is 621 g/mol. The molecule has 2 amide bonds. The van der Waals surface area contributed by atoms with Gasteiger partial charge in [-0.1, -0.05) is 44.2 Å². The number of nitrogens with one attached hydrogen (secondary N) is 1. The van der Waals surface area contributed by atoms with E-state index in [4.69, 9.17) is 10.5 Å². The van der Waals surface area contributed by atoms with Gasteiger partial charge in [-0.2, -0.15) is 5.10 Å². The van der Waals surface area contributed by atoms with E-state index in [1.165, 1.54) is 6.33 Å². The van der Waals surface area contributed by atoms with E-state index in [2.05, 4.69) is 21.5 Å². The molecule has 3 N–H and O–H groups in total. The molecule has 0 saturated carbocycles. The number of nitrogen functional groups attached to an aromatic ring is 1. The molecular formula is C34H36N8O4. The molecule has 0 bridgehead atoms. The van der Waals surface area contributed by atoms with Crippen molar-refractivity contribution in [1.82, 2.24) is 28.9 Å². The third-order valence-electron chi connectivity index (χ3n) is 8.94. The molecule has 5 aromatic rings. The number of ether oxygens (including phenoxy) is 1. The van der Waals surface area contributed by atoms with Gasteiger partial charge in [0, 0.05) is 41.9 Å². The molecular weight excluding hydrogens is 584 g/mol. The summed E-state index contributed by atoms with van der Waals surface area (Å²) in [6.45, 7) is 6.37. The van der Waals surface area contributed by atoms with Crippen LogP contribution in [0.25, 0.3) is 22.3 Å². The van der Waals surface area contributed by atoms with Crippen LogP contribution in [0, 0.1) is 5.92 Å². The Balaban J connectivity index is 1.16. The minimum Gasteiger partial charge on any atom is -0.382 e. The summed E-state index contributed by atoms with van der Waals surface area (Å²) in [6, 6.07) is 18.8. The van der Waals surface area contributed by atoms with Crippen LogP contribution in [0.15, 0.2) is 71.8 Å². The average Bonchev–Trinajstić information content (AvgIpc) is 3.61. The van der Waals surface area contributed by atoms with Crippen LogP contribution in [-0.2, 0) is 22.7 Å². The zero-order valence-electron chi connectivity index (χ0n) is 25.8. The van der Waals surface area contributed by atoms with Crippen molar-refractivity contribution < 1.29 is 14.3 Å². The molecule has 2 aliphatic heterocycles. The van der Waals surface area contributed by atoms with E-state index >= 15 is 0 Å². The molecule has 0 spiro atoms. The molecule has 3 aromatic heterocycles. The topological polar surface area (TPSA) is 142 Å². The van der Waals surface area contributed by atoms with Gasteiger partial charge in [-0.15, -0.1) is 0 Å². The highest BCUT2D eigenvalue weighted by molar-refractivity contribution is 6.05. The van der Waals surface area contributed by atoms with Crippen LogP contribution in [0.1, 0.15) is 54.4 Å². The van der Waals surface area contributed by atoms with Crippen LogP contribution in [0.4, 0.5) is 11.5 Å². The van der Waals surface area contributed by atoms with Crippen LogP contribution < -0.4 is 16.6 Å². The van der Waals surface area contributed by atoms with Crippen molar-refractivity contribution in [2.24, 2.45) is 5.92 Å². The molecule has 0 unspecified atom stereocenters. The van der Waals surface area contributed by atoms with Gasteiger partial charge >= 0.3 is 0 Å². The first kappa shape index (κ1) is 29.5. The van der Waals surface area contributed by atoms with E-state index in [1.807, 2.05) is 70.4 Å². The number of fused-ring (bicyclic) bond motifs is 2. The van der Waals surface area contributed by atoms with Crippen molar-refractivity contribution in [3.05, 3.63) is 94.3 Å². The SMILES string of the molecule is CC(C)C(=O)N1CCC(c2cc(-c3ccc(NC(=O)c4c5n(n(-c6ccccc6)c4=O)CCOC5)cc3)c3c(N)ncnn23)CC1. The summed E-state index contributed by atoms with van der Waals surface area (Å²) >= 11 is 0. The molecule has 1 fully saturated rings. The number of carbonyl (C=O) groups is 2. The van der Waals surface area contributed by atoms with Crippen LogP contribution in [-0.4, -0.2) is 60.4 Å². The van der Waals surface area contributed by atoms with Gasteiger partial charge < -0.3 is 20.7 Å². The highest BCUT2D eigenvalue weighted by atomic mass is 16.5. The minimum atomic E-state index is -0.488. The third-order valence-corrected chi connectivity index (χ3v) is 8.94. The van der Waals surface area contributed by atoms with Gasteiger partial charge in [-0.05, 0) is 48.7 Å². The van der Waals surface area contributed by atoms with Gasteiger partial charge in [0.05, 0.1) is 31.1 Å². The predicted molar refractivity (Wildman–Crippen MR) is 174 cm³/mol. The number of nitrogens with two attached hydrogens (primary N) is 1. The number of carbonyl (C=O) groups excluding carboxylic acids is 2. The van der Waals surface area contributed by atoms with E-state index in [9.17, 15) is 14.4 Å². The lowest BCUT2D eigenvalue weighted by Gasteiger charge is -2.33. The standard InChI is InChI=1S/C34H36N8O4/c1-21(2)33(44)39-14-12-23(13-15-39)27-18-26(30-31(35)36-20-37-41(27)30)22-8-10-24(11-9-22)38-32(43)29-28-19-46-17-16-40(28)42(34(29)45)25-6-4-3-5-7-25/h3-11,18,20-21,23H,12-17,19H2,1-2H3,(H,38,43)(H2,35,36,37). The number of rotatable bonds is 6. The van der Waals surface area contributed by atoms with E-state index in [-0.39, 0.29) is 35.5 Å². The first-order valence-corrected chi connectivity index (χ1v) is 15.6. The molecule has 0 radical (unpaired) electrons. The number of para-hydroxylation sites is 1. The van der Waals surface area contributed by atoms with Gasteiger partial charge in [0.1, 0.15) is 17.4 Å². The quantitative estimate of drug-likeness (QED) is 0.291. The maximum atomic E-state index is 13.6. The molecule has 1 saturated heterocycles. The Morgan fingerprint density at radius 3 is 2.48 bits per heavy atom. The monoisotopic (exact) mass is 620 g/mol. The molecule has 12 nitrogen and oxygen atoms in total. The summed E-state index contributed by atoms with van der Waals surface area (Å²) in [5, 5.41) is 7.46. The number of hydrogen-bond donors (Lipinski definition) is 2. The Kier molecular flexibility index (Phi) is 7.65. The van der Waals surface area contributed by atoms with Crippen molar-refractivity contribution in [3.8, 4) is 16.8 Å². The molecule has 7 rings (SSSR count). The lowest BCUT2D eigenvalue weighted by atomic mass is 9.92. The molecule has 0 aliphatic carbocycles. The van der Waals surface area contributed by atoms with Crippen LogP contribution >= 0.6 is 0 Å². The van der Waals surface area contributed by atoms with Gasteiger partial charge in [-0.25, -0.2) is 14.2 Å². The second kappa shape index (κ2) is 11.9. The molecule has 12 heteroatoms. The summed E-state index contributed by atoms with van der Waals surface area (Å²) in [6.07, 6.45) is 3.13. The maximum absolute atomic E-state index is 13.6. The Labute approximate surface area is 265 Å². The fraction of sp³-hybridized carbons (Fsp3) is 0.324. The normalized spacial score (nSPS) is 15.3. The predicted octanol–water partition coefficient (Wildman–Crippen LogP) is 4.08. The number of nitrogens with zero attached hydrogens (tertiary/aromatic N) is 6. The number of amides is 2. The van der Waals surface area contributed by atoms with Crippen molar-refractivity contribution in [2.75, 3.05) is 30.7 Å². The van der Waals surface area contributed by atoms with E-state index in [0.717, 1.165) is 35.2 Å². The summed E-state index contributed by atoms with van der Waals surface area (Å²) in [4.78, 5) is 45.9. The zero-order valence-corrected chi connectivity index (χ0v) is 25.8. The lowest BCUT2D eigenvalue weighted by Crippen LogP contribution is -2.40. The van der Waals surface area contributed by atoms with Crippen molar-refractivity contribution >= 4 is 28.8 Å². The smallest absolute Gasteiger partial charge is 0.284 e. The fourth-order valence-electron chi connectivity index (χ4n) is 6.63. The van der Waals surface area contributed by atoms with Gasteiger partial charge in [0.2, 0.25) is 5.91 Å². The molecule has 0 atom stereocenters. The highest BCUT2D eigenvalue weighted by Gasteiger charge is 2.30. The van der Waals surface area contributed by atoms with Crippen molar-refractivity contribution in [2.45, 2.75) is 45.8 Å². The zero-order chi connectivity index (χ0) is 31.9. The van der Waals surface area contributed by atoms with Crippen molar-refractivity contribution in [3.63, 3.8) is 0 Å². The van der Waals surface area contributed by atoms with E-state index in [0.29, 0.717) is 49.1 Å². The molecule has 46 heavy (non-hydrogen) atoms. The second-order valence-electron chi connectivity index (χ2n) is 12.1. The largest absolute Gasteiger partial charge is 0.382 e. The first-order valence-electron chi connectivity index (χ1n) is 15.6. The second-order valence-corrected chi connectivity index (χ2v) is 12.1. The molecule has 2 aromatic carbocycles. The Bertz CT molecular complexity index is 1980. The molecule has 2 aliphatic rings. The number of piperidine rings is 1. The van der Waals surface area contributed by atoms with E-state index in [1.54, 1.807) is 16.8 Å². The lowest BCUT2D eigenvalue weighted by molar-refractivity contribution is -0.135. The van der Waals surface area contributed by atoms with Crippen molar-refractivity contribution in [1.29, 1.82) is 0 Å². The summed E-state index contributed by atoms with van der Waals surface area (Å²) in [5.74, 6) is 0.260. The number of anilines is 2. The van der Waals surface area contributed by atoms with Crippen LogP contribution in [0.3, 0.4) is 0 Å². The molecule has 236 valence electrons. The maximum Gasteiger partial charge on any atom is 0.284 e. The number of benzene rings is 2. The summed E-state index contributed by atoms with van der Waals surface area (Å²) < 4.78 is 10.9. The first-order chi connectivity index (χ1) is 22.3. The van der Waals surface area contributed by atoms with Gasteiger partial charge in [0.15, 0.2) is 5.82 Å².